The molecule has 45 heavy (non-hydrogen) atoms. The fourth-order valence-corrected chi connectivity index (χ4v) is 6.77. The Bertz CT molecular complexity index is 2420. The highest BCUT2D eigenvalue weighted by Gasteiger charge is 2.25. The van der Waals surface area contributed by atoms with E-state index in [4.69, 9.17) is 4.42 Å². The largest absolute Gasteiger partial charge is 0.454 e. The summed E-state index contributed by atoms with van der Waals surface area (Å²) in [6.45, 7) is 0. The fraction of sp³-hybridized carbons (Fsp3) is 0. The van der Waals surface area contributed by atoms with E-state index in [1.807, 2.05) is 6.07 Å². The van der Waals surface area contributed by atoms with Gasteiger partial charge in [0.25, 0.3) is 0 Å². The molecule has 0 aliphatic rings. The number of hydrogen-bond donors (Lipinski definition) is 0. The van der Waals surface area contributed by atoms with Crippen LogP contribution in [0.3, 0.4) is 0 Å². The van der Waals surface area contributed by atoms with E-state index in [0.717, 1.165) is 61.1 Å². The molecule has 7 aromatic carbocycles. The molecule has 0 atom stereocenters. The second kappa shape index (κ2) is 10.3. The van der Waals surface area contributed by atoms with Gasteiger partial charge in [0.2, 0.25) is 0 Å². The Labute approximate surface area is 260 Å². The summed E-state index contributed by atoms with van der Waals surface area (Å²) in [4.78, 5) is 2.37. The first-order valence-corrected chi connectivity index (χ1v) is 15.3. The van der Waals surface area contributed by atoms with Crippen molar-refractivity contribution in [1.82, 2.24) is 4.57 Å². The number of aromatic nitrogens is 1. The highest BCUT2D eigenvalue weighted by atomic mass is 16.3. The fourth-order valence-electron chi connectivity index (χ4n) is 6.77. The van der Waals surface area contributed by atoms with Crippen molar-refractivity contribution in [1.29, 1.82) is 0 Å². The van der Waals surface area contributed by atoms with Gasteiger partial charge < -0.3 is 13.9 Å². The summed E-state index contributed by atoms with van der Waals surface area (Å²) in [6, 6.07) is 60.1. The van der Waals surface area contributed by atoms with Crippen LogP contribution >= 0.6 is 0 Å². The van der Waals surface area contributed by atoms with E-state index >= 15 is 0 Å². The van der Waals surface area contributed by atoms with Crippen LogP contribution in [0.4, 0.5) is 17.1 Å². The zero-order valence-corrected chi connectivity index (χ0v) is 24.5. The van der Waals surface area contributed by atoms with Crippen molar-refractivity contribution in [3.63, 3.8) is 0 Å². The Kier molecular flexibility index (Phi) is 5.82. The Morgan fingerprint density at radius 2 is 1.02 bits per heavy atom. The van der Waals surface area contributed by atoms with E-state index in [1.54, 1.807) is 0 Å². The second-order valence-corrected chi connectivity index (χ2v) is 11.4. The predicted molar refractivity (Wildman–Crippen MR) is 188 cm³/mol. The Morgan fingerprint density at radius 3 is 1.71 bits per heavy atom. The van der Waals surface area contributed by atoms with Gasteiger partial charge in [0.05, 0.1) is 16.7 Å². The van der Waals surface area contributed by atoms with Crippen LogP contribution in [0.25, 0.3) is 60.6 Å². The first-order chi connectivity index (χ1) is 22.3. The van der Waals surface area contributed by atoms with Crippen molar-refractivity contribution in [2.75, 3.05) is 4.90 Å². The van der Waals surface area contributed by atoms with E-state index in [9.17, 15) is 0 Å². The predicted octanol–water partition coefficient (Wildman–Crippen LogP) is 11.8. The summed E-state index contributed by atoms with van der Waals surface area (Å²) in [7, 11) is 0. The Balaban J connectivity index is 1.43. The van der Waals surface area contributed by atoms with Crippen molar-refractivity contribution in [3.05, 3.63) is 170 Å². The summed E-state index contributed by atoms with van der Waals surface area (Å²) in [5.74, 6) is 0. The number of nitrogens with zero attached hydrogens (tertiary/aromatic N) is 2. The maximum Gasteiger partial charge on any atom is 0.160 e. The molecule has 9 rings (SSSR count). The monoisotopic (exact) mass is 576 g/mol. The molecule has 0 radical (unpaired) electrons. The van der Waals surface area contributed by atoms with E-state index in [1.165, 1.54) is 16.5 Å². The topological polar surface area (TPSA) is 21.3 Å². The van der Waals surface area contributed by atoms with E-state index in [2.05, 4.69) is 173 Å². The van der Waals surface area contributed by atoms with Crippen LogP contribution in [0, 0.1) is 0 Å². The first kappa shape index (κ1) is 25.4. The maximum absolute atomic E-state index is 6.76. The highest BCUT2D eigenvalue weighted by Crippen LogP contribution is 2.48. The molecular formula is C42H28N2O. The number of fused-ring (bicyclic) bond motifs is 7. The summed E-state index contributed by atoms with van der Waals surface area (Å²) in [5, 5.41) is 4.52. The smallest absolute Gasteiger partial charge is 0.160 e. The lowest BCUT2D eigenvalue weighted by molar-refractivity contribution is 0.671. The molecule has 0 spiro atoms. The molecular weight excluding hydrogens is 548 g/mol. The minimum absolute atomic E-state index is 0.883. The molecule has 9 aromatic rings. The summed E-state index contributed by atoms with van der Waals surface area (Å²) >= 11 is 0. The van der Waals surface area contributed by atoms with Gasteiger partial charge in [-0.05, 0) is 65.7 Å². The molecule has 0 amide bonds. The molecule has 0 aliphatic heterocycles. The third-order valence-corrected chi connectivity index (χ3v) is 8.76. The average molecular weight is 577 g/mol. The number of anilines is 3. The number of rotatable bonds is 5. The molecule has 0 fully saturated rings. The molecule has 0 saturated heterocycles. The van der Waals surface area contributed by atoms with Crippen molar-refractivity contribution in [2.45, 2.75) is 0 Å². The summed E-state index contributed by atoms with van der Waals surface area (Å²) in [6.07, 6.45) is 0. The second-order valence-electron chi connectivity index (χ2n) is 11.4. The molecule has 2 heterocycles. The molecule has 3 heteroatoms. The van der Waals surface area contributed by atoms with Gasteiger partial charge >= 0.3 is 0 Å². The van der Waals surface area contributed by atoms with Gasteiger partial charge in [-0.2, -0.15) is 0 Å². The zero-order chi connectivity index (χ0) is 29.7. The molecule has 0 bridgehead atoms. The van der Waals surface area contributed by atoms with Crippen LogP contribution < -0.4 is 4.90 Å². The van der Waals surface area contributed by atoms with Crippen LogP contribution in [-0.4, -0.2) is 4.57 Å². The quantitative estimate of drug-likeness (QED) is 0.203. The third kappa shape index (κ3) is 4.05. The Hall–Kier alpha value is -6.06. The normalized spacial score (nSPS) is 11.6. The third-order valence-electron chi connectivity index (χ3n) is 8.76. The van der Waals surface area contributed by atoms with Crippen molar-refractivity contribution in [2.24, 2.45) is 0 Å². The van der Waals surface area contributed by atoms with Gasteiger partial charge in [-0.3, -0.25) is 0 Å². The van der Waals surface area contributed by atoms with Crippen LogP contribution in [0.1, 0.15) is 0 Å². The minimum Gasteiger partial charge on any atom is -0.454 e. The van der Waals surface area contributed by atoms with Crippen LogP contribution in [0.2, 0.25) is 0 Å². The van der Waals surface area contributed by atoms with Gasteiger partial charge in [0.1, 0.15) is 5.58 Å². The molecule has 2 aromatic heterocycles. The van der Waals surface area contributed by atoms with Gasteiger partial charge in [-0.1, -0.05) is 115 Å². The highest BCUT2D eigenvalue weighted by molar-refractivity contribution is 6.26. The minimum atomic E-state index is 0.883. The van der Waals surface area contributed by atoms with Gasteiger partial charge in [-0.15, -0.1) is 0 Å². The molecule has 0 aliphatic carbocycles. The van der Waals surface area contributed by atoms with Gasteiger partial charge in [0.15, 0.2) is 5.58 Å². The van der Waals surface area contributed by atoms with Crippen molar-refractivity contribution in [3.8, 4) is 16.8 Å². The van der Waals surface area contributed by atoms with Gasteiger partial charge in [0, 0.05) is 38.6 Å². The Morgan fingerprint density at radius 1 is 0.467 bits per heavy atom. The van der Waals surface area contributed by atoms with E-state index in [-0.39, 0.29) is 0 Å². The molecule has 0 unspecified atom stereocenters. The zero-order valence-electron chi connectivity index (χ0n) is 24.5. The lowest BCUT2D eigenvalue weighted by Gasteiger charge is -2.26. The van der Waals surface area contributed by atoms with Crippen molar-refractivity contribution >= 4 is 60.8 Å². The molecule has 3 nitrogen and oxygen atoms in total. The lowest BCUT2D eigenvalue weighted by atomic mass is 10.0. The molecule has 0 N–H and O–H groups in total. The number of benzene rings is 7. The lowest BCUT2D eigenvalue weighted by Crippen LogP contribution is -2.10. The number of hydrogen-bond acceptors (Lipinski definition) is 2. The van der Waals surface area contributed by atoms with Crippen LogP contribution in [-0.2, 0) is 0 Å². The van der Waals surface area contributed by atoms with E-state index in [0.29, 0.717) is 0 Å². The van der Waals surface area contributed by atoms with Gasteiger partial charge in [-0.25, -0.2) is 0 Å². The summed E-state index contributed by atoms with van der Waals surface area (Å²) < 4.78 is 9.13. The standard InChI is InChI=1S/C42H28N2O/c1-4-14-29(15-5-1)30-24-26-33(27-25-30)44-37-22-12-10-21-35(37)40-38(28-36-34-20-11-13-23-39(34)45-42(36)41(40)44)43(31-16-6-2-7-17-31)32-18-8-3-9-19-32/h1-28H. The number of para-hydroxylation sites is 4. The number of furan rings is 1. The van der Waals surface area contributed by atoms with Crippen LogP contribution in [0.15, 0.2) is 174 Å². The van der Waals surface area contributed by atoms with Crippen LogP contribution in [0.5, 0.6) is 0 Å². The molecule has 212 valence electrons. The van der Waals surface area contributed by atoms with Crippen molar-refractivity contribution < 1.29 is 4.42 Å². The maximum atomic E-state index is 6.76. The summed E-state index contributed by atoms with van der Waals surface area (Å²) in [5.41, 5.74) is 10.8. The molecule has 0 saturated carbocycles. The average Bonchev–Trinajstić information content (AvgIpc) is 3.66. The SMILES string of the molecule is c1ccc(-c2ccc(-n3c4ccccc4c4c(N(c5ccccc5)c5ccccc5)cc5c6ccccc6oc5c43)cc2)cc1. The van der Waals surface area contributed by atoms with E-state index < -0.39 is 0 Å². The first-order valence-electron chi connectivity index (χ1n) is 15.3.